The number of hydrazine groups is 1. The fourth-order valence-corrected chi connectivity index (χ4v) is 1.14. The van der Waals surface area contributed by atoms with Crippen molar-refractivity contribution in [1.29, 1.82) is 0 Å². The van der Waals surface area contributed by atoms with E-state index in [1.165, 1.54) is 5.56 Å². The lowest BCUT2D eigenvalue weighted by Gasteiger charge is -2.11. The molecule has 0 spiro atoms. The van der Waals surface area contributed by atoms with E-state index in [0.29, 0.717) is 6.42 Å². The van der Waals surface area contributed by atoms with Gasteiger partial charge in [0.25, 0.3) is 0 Å². The summed E-state index contributed by atoms with van der Waals surface area (Å²) in [6, 6.07) is 4.06. The lowest BCUT2D eigenvalue weighted by atomic mass is 10.1. The predicted octanol–water partition coefficient (Wildman–Crippen LogP) is 0.479. The molecule has 0 saturated carbocycles. The average Bonchev–Trinajstić information content (AvgIpc) is 2.19. The molecule has 0 saturated heterocycles. The Kier molecular flexibility index (Phi) is 3.97. The molecule has 1 rings (SSSR count). The second-order valence-corrected chi connectivity index (χ2v) is 2.83. The summed E-state index contributed by atoms with van der Waals surface area (Å²) in [7, 11) is 0. The molecule has 1 aromatic rings. The van der Waals surface area contributed by atoms with Crippen LogP contribution < -0.4 is 11.3 Å². The predicted molar refractivity (Wildman–Crippen MR) is 52.5 cm³/mol. The highest BCUT2D eigenvalue weighted by Crippen LogP contribution is 2.03. The largest absolute Gasteiger partial charge is 0.271 e. The Morgan fingerprint density at radius 1 is 1.54 bits per heavy atom. The Labute approximate surface area is 78.3 Å². The molecule has 0 aliphatic heterocycles. The highest BCUT2D eigenvalue weighted by atomic mass is 15.2. The first kappa shape index (κ1) is 9.72. The van der Waals surface area contributed by atoms with Crippen LogP contribution in [-0.4, -0.2) is 11.0 Å². The van der Waals surface area contributed by atoms with Crippen LogP contribution in [0.4, 0.5) is 0 Å². The van der Waals surface area contributed by atoms with Crippen LogP contribution in [0.3, 0.4) is 0 Å². The van der Waals surface area contributed by atoms with Crippen molar-refractivity contribution in [3.8, 4) is 12.3 Å². The van der Waals surface area contributed by atoms with E-state index in [-0.39, 0.29) is 6.04 Å². The molecule has 0 amide bonds. The van der Waals surface area contributed by atoms with Crippen molar-refractivity contribution in [2.24, 2.45) is 5.84 Å². The van der Waals surface area contributed by atoms with Crippen LogP contribution >= 0.6 is 0 Å². The normalized spacial score (nSPS) is 12.0. The molecule has 3 heteroatoms. The molecule has 0 aliphatic rings. The van der Waals surface area contributed by atoms with Gasteiger partial charge in [0.15, 0.2) is 0 Å². The van der Waals surface area contributed by atoms with Crippen LogP contribution in [-0.2, 0) is 6.42 Å². The molecule has 1 atom stereocenters. The summed E-state index contributed by atoms with van der Waals surface area (Å²) < 4.78 is 0. The minimum Gasteiger partial charge on any atom is -0.271 e. The van der Waals surface area contributed by atoms with Crippen LogP contribution in [0, 0.1) is 12.3 Å². The molecule has 1 heterocycles. The first-order valence-corrected chi connectivity index (χ1v) is 4.15. The van der Waals surface area contributed by atoms with Gasteiger partial charge in [-0.3, -0.25) is 16.3 Å². The van der Waals surface area contributed by atoms with E-state index in [4.69, 9.17) is 12.3 Å². The first-order chi connectivity index (χ1) is 6.36. The van der Waals surface area contributed by atoms with Gasteiger partial charge in [0, 0.05) is 24.9 Å². The van der Waals surface area contributed by atoms with Gasteiger partial charge in [-0.05, 0) is 24.1 Å². The van der Waals surface area contributed by atoms with Gasteiger partial charge in [-0.1, -0.05) is 0 Å². The number of nitrogens with zero attached hydrogens (tertiary/aromatic N) is 1. The molecule has 1 aromatic heterocycles. The monoisotopic (exact) mass is 175 g/mol. The summed E-state index contributed by atoms with van der Waals surface area (Å²) in [4.78, 5) is 3.93. The first-order valence-electron chi connectivity index (χ1n) is 4.15. The van der Waals surface area contributed by atoms with E-state index in [1.807, 2.05) is 12.1 Å². The molecule has 3 N–H and O–H groups in total. The highest BCUT2D eigenvalue weighted by Gasteiger charge is 2.04. The molecule has 0 fully saturated rings. The van der Waals surface area contributed by atoms with Gasteiger partial charge < -0.3 is 0 Å². The summed E-state index contributed by atoms with van der Waals surface area (Å²) in [6.45, 7) is 0. The number of nitrogens with one attached hydrogen (secondary N) is 1. The van der Waals surface area contributed by atoms with Gasteiger partial charge in [0.05, 0.1) is 0 Å². The molecular weight excluding hydrogens is 162 g/mol. The minimum absolute atomic E-state index is 0.146. The second kappa shape index (κ2) is 5.31. The Morgan fingerprint density at radius 2 is 2.23 bits per heavy atom. The number of pyridine rings is 1. The zero-order valence-electron chi connectivity index (χ0n) is 7.40. The lowest BCUT2D eigenvalue weighted by molar-refractivity contribution is 0.536. The number of hydrogen-bond acceptors (Lipinski definition) is 3. The number of rotatable bonds is 4. The van der Waals surface area contributed by atoms with E-state index in [9.17, 15) is 0 Å². The summed E-state index contributed by atoms with van der Waals surface area (Å²) in [5, 5.41) is 0. The van der Waals surface area contributed by atoms with Crippen LogP contribution in [0.25, 0.3) is 0 Å². The van der Waals surface area contributed by atoms with Crippen molar-refractivity contribution in [2.45, 2.75) is 18.9 Å². The highest BCUT2D eigenvalue weighted by molar-refractivity contribution is 5.12. The standard InChI is InChI=1S/C10H13N3/c1-2-3-10(13-11)8-9-4-6-12-7-5-9/h1,4-7,10,13H,3,8,11H2. The van der Waals surface area contributed by atoms with Crippen LogP contribution in [0.15, 0.2) is 24.5 Å². The summed E-state index contributed by atoms with van der Waals surface area (Å²) in [6.07, 6.45) is 10.2. The molecule has 0 aromatic carbocycles. The number of nitrogens with two attached hydrogens (primary N) is 1. The van der Waals surface area contributed by atoms with Crippen LogP contribution in [0.1, 0.15) is 12.0 Å². The number of aromatic nitrogens is 1. The topological polar surface area (TPSA) is 50.9 Å². The van der Waals surface area contributed by atoms with E-state index in [0.717, 1.165) is 6.42 Å². The van der Waals surface area contributed by atoms with Crippen molar-refractivity contribution in [3.05, 3.63) is 30.1 Å². The minimum atomic E-state index is 0.146. The Morgan fingerprint density at radius 3 is 2.77 bits per heavy atom. The number of hydrogen-bond donors (Lipinski definition) is 2. The zero-order chi connectivity index (χ0) is 9.52. The van der Waals surface area contributed by atoms with Crippen molar-refractivity contribution in [1.82, 2.24) is 10.4 Å². The molecule has 0 bridgehead atoms. The Balaban J connectivity index is 2.53. The summed E-state index contributed by atoms with van der Waals surface area (Å²) >= 11 is 0. The van der Waals surface area contributed by atoms with Gasteiger partial charge in [-0.25, -0.2) is 0 Å². The van der Waals surface area contributed by atoms with Crippen molar-refractivity contribution in [3.63, 3.8) is 0 Å². The van der Waals surface area contributed by atoms with E-state index < -0.39 is 0 Å². The van der Waals surface area contributed by atoms with E-state index >= 15 is 0 Å². The second-order valence-electron chi connectivity index (χ2n) is 2.83. The average molecular weight is 175 g/mol. The van der Waals surface area contributed by atoms with Gasteiger partial charge in [0.2, 0.25) is 0 Å². The van der Waals surface area contributed by atoms with Gasteiger partial charge in [0.1, 0.15) is 0 Å². The third kappa shape index (κ3) is 3.24. The maximum atomic E-state index is 5.35. The molecule has 68 valence electrons. The molecule has 0 aliphatic carbocycles. The molecule has 0 radical (unpaired) electrons. The smallest absolute Gasteiger partial charge is 0.0360 e. The molecule has 13 heavy (non-hydrogen) atoms. The maximum absolute atomic E-state index is 5.35. The third-order valence-electron chi connectivity index (χ3n) is 1.83. The Bertz CT molecular complexity index is 276. The molecule has 1 unspecified atom stereocenters. The molecule has 3 nitrogen and oxygen atoms in total. The maximum Gasteiger partial charge on any atom is 0.0360 e. The van der Waals surface area contributed by atoms with E-state index in [1.54, 1.807) is 12.4 Å². The third-order valence-corrected chi connectivity index (χ3v) is 1.83. The lowest BCUT2D eigenvalue weighted by Crippen LogP contribution is -2.36. The Hall–Kier alpha value is -1.37. The summed E-state index contributed by atoms with van der Waals surface area (Å²) in [5.74, 6) is 7.93. The van der Waals surface area contributed by atoms with Crippen molar-refractivity contribution in [2.75, 3.05) is 0 Å². The van der Waals surface area contributed by atoms with Gasteiger partial charge in [-0.2, -0.15) is 0 Å². The van der Waals surface area contributed by atoms with Crippen molar-refractivity contribution >= 4 is 0 Å². The molecular formula is C10H13N3. The quantitative estimate of drug-likeness (QED) is 0.397. The van der Waals surface area contributed by atoms with Crippen molar-refractivity contribution < 1.29 is 0 Å². The van der Waals surface area contributed by atoms with Gasteiger partial charge in [-0.15, -0.1) is 12.3 Å². The van der Waals surface area contributed by atoms with Gasteiger partial charge >= 0.3 is 0 Å². The SMILES string of the molecule is C#CCC(Cc1ccncc1)NN. The fourth-order valence-electron chi connectivity index (χ4n) is 1.14. The fraction of sp³-hybridized carbons (Fsp3) is 0.300. The van der Waals surface area contributed by atoms with Crippen LogP contribution in [0.5, 0.6) is 0 Å². The zero-order valence-corrected chi connectivity index (χ0v) is 7.40. The van der Waals surface area contributed by atoms with Crippen LogP contribution in [0.2, 0.25) is 0 Å². The van der Waals surface area contributed by atoms with E-state index in [2.05, 4.69) is 16.3 Å². The number of terminal acetylenes is 1. The summed E-state index contributed by atoms with van der Waals surface area (Å²) in [5.41, 5.74) is 3.88.